The molecule has 0 amide bonds. The van der Waals surface area contributed by atoms with Crippen LogP contribution < -0.4 is 0 Å². The first-order chi connectivity index (χ1) is 9.77. The highest BCUT2D eigenvalue weighted by atomic mass is 16.3. The van der Waals surface area contributed by atoms with E-state index in [2.05, 4.69) is 47.4 Å². The predicted octanol–water partition coefficient (Wildman–Crippen LogP) is 3.29. The molecule has 2 saturated heterocycles. The molecule has 0 aliphatic carbocycles. The van der Waals surface area contributed by atoms with Crippen LogP contribution >= 0.6 is 0 Å². The fraction of sp³-hybridized carbons (Fsp3) is 0.444. The normalized spacial score (nSPS) is 30.6. The third-order valence-corrected chi connectivity index (χ3v) is 5.19. The number of fused-ring (bicyclic) bond motifs is 2. The van der Waals surface area contributed by atoms with Gasteiger partial charge in [-0.1, -0.05) is 42.8 Å². The van der Waals surface area contributed by atoms with E-state index in [9.17, 15) is 5.11 Å². The fourth-order valence-corrected chi connectivity index (χ4v) is 4.08. The van der Waals surface area contributed by atoms with Crippen LogP contribution in [-0.4, -0.2) is 29.1 Å². The summed E-state index contributed by atoms with van der Waals surface area (Å²) in [6, 6.07) is 15.2. The Labute approximate surface area is 120 Å². The molecule has 104 valence electrons. The van der Waals surface area contributed by atoms with Crippen LogP contribution in [0.1, 0.15) is 31.2 Å². The maximum atomic E-state index is 11.3. The Kier molecular flexibility index (Phi) is 2.83. The van der Waals surface area contributed by atoms with Crippen molar-refractivity contribution in [2.75, 3.05) is 13.1 Å². The van der Waals surface area contributed by atoms with E-state index in [1.165, 1.54) is 23.6 Å². The van der Waals surface area contributed by atoms with Gasteiger partial charge in [-0.3, -0.25) is 4.90 Å². The van der Waals surface area contributed by atoms with Gasteiger partial charge < -0.3 is 5.11 Å². The van der Waals surface area contributed by atoms with E-state index in [-0.39, 0.29) is 0 Å². The van der Waals surface area contributed by atoms with Gasteiger partial charge in [-0.15, -0.1) is 0 Å². The van der Waals surface area contributed by atoms with Gasteiger partial charge in [0.2, 0.25) is 0 Å². The molecule has 0 radical (unpaired) electrons. The maximum Gasteiger partial charge on any atom is 0.106 e. The van der Waals surface area contributed by atoms with E-state index >= 15 is 0 Å². The van der Waals surface area contributed by atoms with Crippen molar-refractivity contribution in [3.05, 3.63) is 48.0 Å². The summed E-state index contributed by atoms with van der Waals surface area (Å²) in [5.41, 5.74) is 0.454. The lowest BCUT2D eigenvalue weighted by atomic mass is 9.82. The zero-order valence-electron chi connectivity index (χ0n) is 11.8. The number of hydrogen-bond donors (Lipinski definition) is 1. The highest BCUT2D eigenvalue weighted by Gasteiger charge is 2.47. The molecule has 20 heavy (non-hydrogen) atoms. The average Bonchev–Trinajstić information content (AvgIpc) is 2.86. The summed E-state index contributed by atoms with van der Waals surface area (Å²) >= 11 is 0. The van der Waals surface area contributed by atoms with Crippen molar-refractivity contribution in [3.63, 3.8) is 0 Å². The lowest BCUT2D eigenvalue weighted by molar-refractivity contribution is -0.0137. The van der Waals surface area contributed by atoms with Crippen LogP contribution in [-0.2, 0) is 5.60 Å². The van der Waals surface area contributed by atoms with Crippen LogP contribution in [0, 0.1) is 0 Å². The molecule has 4 rings (SSSR count). The quantitative estimate of drug-likeness (QED) is 0.857. The number of aliphatic hydroxyl groups is 1. The van der Waals surface area contributed by atoms with Crippen molar-refractivity contribution in [3.8, 4) is 0 Å². The van der Waals surface area contributed by atoms with Gasteiger partial charge in [-0.2, -0.15) is 0 Å². The molecular formula is C18H21NO. The minimum absolute atomic E-state index is 0.317. The summed E-state index contributed by atoms with van der Waals surface area (Å²) in [6.07, 6.45) is 4.53. The van der Waals surface area contributed by atoms with Crippen LogP contribution in [0.15, 0.2) is 42.5 Å². The molecule has 0 bridgehead atoms. The first-order valence-electron chi connectivity index (χ1n) is 7.73. The van der Waals surface area contributed by atoms with Gasteiger partial charge in [-0.25, -0.2) is 0 Å². The monoisotopic (exact) mass is 267 g/mol. The lowest BCUT2D eigenvalue weighted by Gasteiger charge is -2.37. The van der Waals surface area contributed by atoms with Crippen LogP contribution in [0.4, 0.5) is 0 Å². The summed E-state index contributed by atoms with van der Waals surface area (Å²) in [6.45, 7) is 2.19. The largest absolute Gasteiger partial charge is 0.383 e. The van der Waals surface area contributed by atoms with Crippen molar-refractivity contribution in [1.82, 2.24) is 4.90 Å². The van der Waals surface area contributed by atoms with Gasteiger partial charge in [-0.05, 0) is 48.2 Å². The predicted molar refractivity (Wildman–Crippen MR) is 81.7 cm³/mol. The molecule has 1 N–H and O–H groups in total. The summed E-state index contributed by atoms with van der Waals surface area (Å²) in [5.74, 6) is 0. The number of rotatable bonds is 1. The second-order valence-electron chi connectivity index (χ2n) is 6.28. The average molecular weight is 267 g/mol. The Morgan fingerprint density at radius 3 is 2.75 bits per heavy atom. The maximum absolute atomic E-state index is 11.3. The van der Waals surface area contributed by atoms with Gasteiger partial charge in [0.25, 0.3) is 0 Å². The van der Waals surface area contributed by atoms with Gasteiger partial charge >= 0.3 is 0 Å². The van der Waals surface area contributed by atoms with Crippen molar-refractivity contribution < 1.29 is 5.11 Å². The molecule has 0 spiro atoms. The third kappa shape index (κ3) is 1.79. The Bertz CT molecular complexity index is 638. The standard InChI is InChI=1S/C18H21NO/c20-18(10-12-19-11-4-3-7-17(18)19)16-9-8-14-5-1-2-6-15(14)13-16/h1-2,5-6,8-9,13,17,20H,3-4,7,10-12H2. The summed E-state index contributed by atoms with van der Waals surface area (Å²) < 4.78 is 0. The van der Waals surface area contributed by atoms with Crippen LogP contribution in [0.2, 0.25) is 0 Å². The second kappa shape index (κ2) is 4.57. The number of hydrogen-bond acceptors (Lipinski definition) is 2. The van der Waals surface area contributed by atoms with Crippen molar-refractivity contribution in [2.45, 2.75) is 37.3 Å². The van der Waals surface area contributed by atoms with Gasteiger partial charge in [0.15, 0.2) is 0 Å². The van der Waals surface area contributed by atoms with Crippen LogP contribution in [0.5, 0.6) is 0 Å². The van der Waals surface area contributed by atoms with E-state index in [0.29, 0.717) is 6.04 Å². The smallest absolute Gasteiger partial charge is 0.106 e. The number of nitrogens with zero attached hydrogens (tertiary/aromatic N) is 1. The Morgan fingerprint density at radius 2 is 1.85 bits per heavy atom. The highest BCUT2D eigenvalue weighted by molar-refractivity contribution is 5.83. The molecule has 2 unspecified atom stereocenters. The molecule has 2 aliphatic heterocycles. The highest BCUT2D eigenvalue weighted by Crippen LogP contribution is 2.42. The van der Waals surface area contributed by atoms with E-state index < -0.39 is 5.60 Å². The zero-order chi connectivity index (χ0) is 13.6. The first kappa shape index (κ1) is 12.4. The summed E-state index contributed by atoms with van der Waals surface area (Å²) in [4.78, 5) is 2.48. The molecule has 0 saturated carbocycles. The fourth-order valence-electron chi connectivity index (χ4n) is 4.08. The second-order valence-corrected chi connectivity index (χ2v) is 6.28. The molecule has 2 fully saturated rings. The minimum Gasteiger partial charge on any atom is -0.383 e. The van der Waals surface area contributed by atoms with Crippen molar-refractivity contribution in [1.29, 1.82) is 0 Å². The SMILES string of the molecule is OC1(c2ccc3ccccc3c2)CCN2CCCCC21. The van der Waals surface area contributed by atoms with E-state index in [0.717, 1.165) is 31.5 Å². The third-order valence-electron chi connectivity index (χ3n) is 5.19. The van der Waals surface area contributed by atoms with Crippen molar-refractivity contribution in [2.24, 2.45) is 0 Å². The Hall–Kier alpha value is -1.38. The molecule has 2 atom stereocenters. The molecular weight excluding hydrogens is 246 g/mol. The molecule has 2 nitrogen and oxygen atoms in total. The van der Waals surface area contributed by atoms with Crippen LogP contribution in [0.3, 0.4) is 0 Å². The lowest BCUT2D eigenvalue weighted by Crippen LogP contribution is -2.45. The van der Waals surface area contributed by atoms with Gasteiger partial charge in [0, 0.05) is 12.6 Å². The van der Waals surface area contributed by atoms with Crippen LogP contribution in [0.25, 0.3) is 10.8 Å². The van der Waals surface area contributed by atoms with E-state index in [1.807, 2.05) is 0 Å². The molecule has 0 aromatic heterocycles. The molecule has 2 aromatic carbocycles. The molecule has 2 heteroatoms. The Morgan fingerprint density at radius 1 is 1.00 bits per heavy atom. The Balaban J connectivity index is 1.77. The van der Waals surface area contributed by atoms with Crippen molar-refractivity contribution >= 4 is 10.8 Å². The van der Waals surface area contributed by atoms with E-state index in [1.54, 1.807) is 0 Å². The number of benzene rings is 2. The molecule has 2 aliphatic rings. The molecule has 2 heterocycles. The first-order valence-corrected chi connectivity index (χ1v) is 7.73. The zero-order valence-corrected chi connectivity index (χ0v) is 11.8. The van der Waals surface area contributed by atoms with Gasteiger partial charge in [0.05, 0.1) is 0 Å². The van der Waals surface area contributed by atoms with E-state index in [4.69, 9.17) is 0 Å². The van der Waals surface area contributed by atoms with Gasteiger partial charge in [0.1, 0.15) is 5.60 Å². The summed E-state index contributed by atoms with van der Waals surface area (Å²) in [7, 11) is 0. The minimum atomic E-state index is -0.648. The number of piperidine rings is 1. The molecule has 2 aromatic rings. The summed E-state index contributed by atoms with van der Waals surface area (Å²) in [5, 5.41) is 13.8. The topological polar surface area (TPSA) is 23.5 Å².